The smallest absolute Gasteiger partial charge is 0.225 e. The zero-order valence-corrected chi connectivity index (χ0v) is 21.7. The molecule has 1 aliphatic carbocycles. The van der Waals surface area contributed by atoms with Gasteiger partial charge in [-0.1, -0.05) is 38.5 Å². The van der Waals surface area contributed by atoms with Gasteiger partial charge in [-0.2, -0.15) is 4.98 Å². The van der Waals surface area contributed by atoms with Crippen LogP contribution in [-0.2, 0) is 4.79 Å². The minimum absolute atomic E-state index is 0.287. The van der Waals surface area contributed by atoms with Gasteiger partial charge in [0.15, 0.2) is 0 Å². The van der Waals surface area contributed by atoms with Crippen molar-refractivity contribution in [3.05, 3.63) is 12.3 Å². The average molecular weight is 483 g/mol. The number of rotatable bonds is 5. The normalized spacial score (nSPS) is 27.8. The molecule has 0 spiro atoms. The summed E-state index contributed by atoms with van der Waals surface area (Å²) in [7, 11) is 0. The fourth-order valence-corrected chi connectivity index (χ4v) is 6.76. The number of aromatic nitrogens is 2. The molecule has 0 radical (unpaired) electrons. The molecule has 1 saturated carbocycles. The van der Waals surface area contributed by atoms with Crippen LogP contribution in [0, 0.1) is 5.92 Å². The van der Waals surface area contributed by atoms with Gasteiger partial charge >= 0.3 is 0 Å². The van der Waals surface area contributed by atoms with Crippen LogP contribution in [0.2, 0.25) is 0 Å². The Balaban J connectivity index is 1.19. The van der Waals surface area contributed by atoms with Gasteiger partial charge in [0.1, 0.15) is 5.82 Å². The Labute approximate surface area is 212 Å². The monoisotopic (exact) mass is 482 g/mol. The van der Waals surface area contributed by atoms with E-state index in [9.17, 15) is 4.79 Å². The molecule has 2 atom stereocenters. The highest BCUT2D eigenvalue weighted by Gasteiger charge is 2.33. The number of amides is 1. The molecule has 194 valence electrons. The lowest BCUT2D eigenvalue weighted by Gasteiger charge is -2.41. The number of likely N-dealkylation sites (tertiary alicyclic amines) is 2. The van der Waals surface area contributed by atoms with Crippen molar-refractivity contribution in [1.29, 1.82) is 0 Å². The van der Waals surface area contributed by atoms with Gasteiger partial charge in [0.25, 0.3) is 0 Å². The zero-order chi connectivity index (χ0) is 23.9. The zero-order valence-electron chi connectivity index (χ0n) is 21.7. The summed E-state index contributed by atoms with van der Waals surface area (Å²) in [4.78, 5) is 30.0. The molecule has 3 saturated heterocycles. The lowest BCUT2D eigenvalue weighted by molar-refractivity contribution is -0.138. The molecule has 0 bridgehead atoms. The van der Waals surface area contributed by atoms with E-state index in [1.807, 2.05) is 6.20 Å². The summed E-state index contributed by atoms with van der Waals surface area (Å²) >= 11 is 0. The Morgan fingerprint density at radius 1 is 0.800 bits per heavy atom. The number of hydrogen-bond donors (Lipinski definition) is 1. The van der Waals surface area contributed by atoms with Crippen molar-refractivity contribution in [2.24, 2.45) is 5.92 Å². The van der Waals surface area contributed by atoms with E-state index < -0.39 is 0 Å². The quantitative estimate of drug-likeness (QED) is 0.657. The topological polar surface area (TPSA) is 64.6 Å². The molecular formula is C28H46N6O. The van der Waals surface area contributed by atoms with E-state index in [0.717, 1.165) is 76.7 Å². The van der Waals surface area contributed by atoms with Crippen molar-refractivity contribution in [3.8, 4) is 0 Å². The van der Waals surface area contributed by atoms with E-state index in [1.54, 1.807) is 0 Å². The molecule has 1 aromatic heterocycles. The fraction of sp³-hybridized carbons (Fsp3) is 0.821. The van der Waals surface area contributed by atoms with Gasteiger partial charge in [0.05, 0.1) is 0 Å². The molecule has 35 heavy (non-hydrogen) atoms. The third kappa shape index (κ3) is 6.66. The first kappa shape index (κ1) is 24.8. The first-order valence-electron chi connectivity index (χ1n) is 14.6. The second-order valence-electron chi connectivity index (χ2n) is 11.4. The Bertz CT molecular complexity index is 804. The predicted octanol–water partition coefficient (Wildman–Crippen LogP) is 4.69. The highest BCUT2D eigenvalue weighted by atomic mass is 16.2. The van der Waals surface area contributed by atoms with Crippen LogP contribution in [0.15, 0.2) is 12.3 Å². The van der Waals surface area contributed by atoms with E-state index >= 15 is 0 Å². The van der Waals surface area contributed by atoms with Gasteiger partial charge in [0.2, 0.25) is 11.9 Å². The van der Waals surface area contributed by atoms with Crippen molar-refractivity contribution in [2.75, 3.05) is 49.5 Å². The standard InChI is InChI=1S/C28H46N6O/c35-27(23-11-4-3-5-12-23)34-20-10-14-25(22-34)33-19-9-6-13-24(21-33)30-28-29-16-15-26(31-28)32-17-7-1-2-8-18-32/h15-16,23-25H,1-14,17-22H2,(H,29,30,31). The number of carbonyl (C=O) groups excluding carboxylic acids is 1. The molecule has 7 nitrogen and oxygen atoms in total. The highest BCUT2D eigenvalue weighted by molar-refractivity contribution is 5.79. The van der Waals surface area contributed by atoms with Crippen molar-refractivity contribution < 1.29 is 4.79 Å². The first-order valence-corrected chi connectivity index (χ1v) is 14.6. The summed E-state index contributed by atoms with van der Waals surface area (Å²) in [6.07, 6.45) is 19.0. The van der Waals surface area contributed by atoms with Gasteiger partial charge in [-0.25, -0.2) is 4.98 Å². The molecule has 5 rings (SSSR count). The second-order valence-corrected chi connectivity index (χ2v) is 11.4. The van der Waals surface area contributed by atoms with Crippen LogP contribution in [0.25, 0.3) is 0 Å². The molecule has 4 fully saturated rings. The number of nitrogens with zero attached hydrogens (tertiary/aromatic N) is 5. The van der Waals surface area contributed by atoms with E-state index in [0.29, 0.717) is 18.0 Å². The van der Waals surface area contributed by atoms with E-state index in [-0.39, 0.29) is 5.92 Å². The van der Waals surface area contributed by atoms with Gasteiger partial charge in [-0.05, 0) is 64.0 Å². The minimum atomic E-state index is 0.287. The molecule has 7 heteroatoms. The number of piperidine rings is 1. The minimum Gasteiger partial charge on any atom is -0.356 e. The molecule has 4 heterocycles. The van der Waals surface area contributed by atoms with E-state index in [4.69, 9.17) is 4.98 Å². The summed E-state index contributed by atoms with van der Waals surface area (Å²) in [5.41, 5.74) is 0. The van der Waals surface area contributed by atoms with Gasteiger partial charge < -0.3 is 15.1 Å². The molecule has 1 amide bonds. The van der Waals surface area contributed by atoms with Gasteiger partial charge in [-0.3, -0.25) is 9.69 Å². The lowest BCUT2D eigenvalue weighted by atomic mass is 9.87. The average Bonchev–Trinajstić information content (AvgIpc) is 3.33. The van der Waals surface area contributed by atoms with Crippen LogP contribution in [0.1, 0.15) is 89.9 Å². The molecular weight excluding hydrogens is 436 g/mol. The van der Waals surface area contributed by atoms with Crippen LogP contribution < -0.4 is 10.2 Å². The van der Waals surface area contributed by atoms with Crippen molar-refractivity contribution >= 4 is 17.7 Å². The third-order valence-corrected chi connectivity index (χ3v) is 8.79. The maximum atomic E-state index is 13.2. The Morgan fingerprint density at radius 3 is 2.37 bits per heavy atom. The number of carbonyl (C=O) groups is 1. The first-order chi connectivity index (χ1) is 17.3. The van der Waals surface area contributed by atoms with E-state index in [2.05, 4.69) is 31.1 Å². The lowest BCUT2D eigenvalue weighted by Crippen LogP contribution is -2.53. The highest BCUT2D eigenvalue weighted by Crippen LogP contribution is 2.28. The summed E-state index contributed by atoms with van der Waals surface area (Å²) in [6.45, 7) is 6.24. The Kier molecular flexibility index (Phi) is 8.77. The Hall–Kier alpha value is -1.89. The third-order valence-electron chi connectivity index (χ3n) is 8.79. The maximum absolute atomic E-state index is 13.2. The largest absolute Gasteiger partial charge is 0.356 e. The number of nitrogens with one attached hydrogen (secondary N) is 1. The Morgan fingerprint density at radius 2 is 1.54 bits per heavy atom. The molecule has 1 N–H and O–H groups in total. The van der Waals surface area contributed by atoms with Gasteiger partial charge in [0, 0.05) is 56.9 Å². The summed E-state index contributed by atoms with van der Waals surface area (Å²) in [5, 5.41) is 3.70. The number of anilines is 2. The van der Waals surface area contributed by atoms with Crippen LogP contribution >= 0.6 is 0 Å². The van der Waals surface area contributed by atoms with Crippen LogP contribution in [0.4, 0.5) is 11.8 Å². The molecule has 3 aliphatic heterocycles. The van der Waals surface area contributed by atoms with Crippen molar-refractivity contribution in [2.45, 2.75) is 102 Å². The van der Waals surface area contributed by atoms with Gasteiger partial charge in [-0.15, -0.1) is 0 Å². The fourth-order valence-electron chi connectivity index (χ4n) is 6.76. The van der Waals surface area contributed by atoms with Crippen LogP contribution in [0.5, 0.6) is 0 Å². The predicted molar refractivity (Wildman–Crippen MR) is 142 cm³/mol. The van der Waals surface area contributed by atoms with Crippen LogP contribution in [-0.4, -0.2) is 77.0 Å². The molecule has 0 aromatic carbocycles. The molecule has 1 aromatic rings. The summed E-state index contributed by atoms with van der Waals surface area (Å²) in [5.74, 6) is 2.57. The summed E-state index contributed by atoms with van der Waals surface area (Å²) in [6, 6.07) is 2.92. The maximum Gasteiger partial charge on any atom is 0.225 e. The van der Waals surface area contributed by atoms with Crippen molar-refractivity contribution in [3.63, 3.8) is 0 Å². The molecule has 2 unspecified atom stereocenters. The molecule has 4 aliphatic rings. The van der Waals surface area contributed by atoms with E-state index in [1.165, 1.54) is 64.2 Å². The van der Waals surface area contributed by atoms with Crippen LogP contribution in [0.3, 0.4) is 0 Å². The second kappa shape index (κ2) is 12.4. The SMILES string of the molecule is O=C(C1CCCCC1)N1CCCC(N2CCCCC(Nc3nccc(N4CCCCCC4)n3)C2)C1. The number of hydrogen-bond acceptors (Lipinski definition) is 6. The van der Waals surface area contributed by atoms with Crippen molar-refractivity contribution in [1.82, 2.24) is 19.8 Å². The summed E-state index contributed by atoms with van der Waals surface area (Å²) < 4.78 is 0.